The number of hydrogen-bond donors (Lipinski definition) is 1. The van der Waals surface area contributed by atoms with Gasteiger partial charge in [-0.1, -0.05) is 30.3 Å². The number of aromatic hydroxyl groups is 1. The van der Waals surface area contributed by atoms with Gasteiger partial charge < -0.3 is 14.6 Å². The molecule has 2 aliphatic rings. The van der Waals surface area contributed by atoms with Crippen molar-refractivity contribution in [2.24, 2.45) is 0 Å². The first-order valence-corrected chi connectivity index (χ1v) is 6.00. The van der Waals surface area contributed by atoms with E-state index in [1.54, 1.807) is 6.07 Å². The third-order valence-electron chi connectivity index (χ3n) is 3.49. The van der Waals surface area contributed by atoms with Crippen molar-refractivity contribution in [1.29, 1.82) is 0 Å². The molecule has 0 radical (unpaired) electrons. The molecule has 1 saturated heterocycles. The summed E-state index contributed by atoms with van der Waals surface area (Å²) in [5.74, 6) is -0.646. The van der Waals surface area contributed by atoms with Gasteiger partial charge in [0.2, 0.25) is 5.78 Å². The number of fused-ring (bicyclic) bond motifs is 2. The lowest BCUT2D eigenvalue weighted by Crippen LogP contribution is -2.30. The predicted molar refractivity (Wildman–Crippen MR) is 66.1 cm³/mol. The van der Waals surface area contributed by atoms with Gasteiger partial charge in [-0.3, -0.25) is 4.79 Å². The third kappa shape index (κ3) is 1.34. The van der Waals surface area contributed by atoms with Crippen molar-refractivity contribution in [1.82, 2.24) is 0 Å². The Morgan fingerprint density at radius 3 is 2.68 bits per heavy atom. The SMILES string of the molecule is O=C1c2cc(O)ccc2OC2(c3ccccc3)OC12. The van der Waals surface area contributed by atoms with E-state index in [2.05, 4.69) is 0 Å². The lowest BCUT2D eigenvalue weighted by atomic mass is 9.96. The highest BCUT2D eigenvalue weighted by Crippen LogP contribution is 2.53. The number of phenols is 1. The number of phenolic OH excluding ortho intramolecular Hbond substituents is 1. The van der Waals surface area contributed by atoms with E-state index in [0.717, 1.165) is 5.56 Å². The van der Waals surface area contributed by atoms with Crippen molar-refractivity contribution in [2.45, 2.75) is 11.9 Å². The third-order valence-corrected chi connectivity index (χ3v) is 3.49. The van der Waals surface area contributed by atoms with Crippen LogP contribution in [0.4, 0.5) is 0 Å². The smallest absolute Gasteiger partial charge is 0.272 e. The molecule has 94 valence electrons. The summed E-state index contributed by atoms with van der Waals surface area (Å²) in [7, 11) is 0. The Kier molecular flexibility index (Phi) is 1.87. The Morgan fingerprint density at radius 2 is 1.89 bits per heavy atom. The molecular weight excluding hydrogens is 244 g/mol. The zero-order valence-electron chi connectivity index (χ0n) is 9.87. The number of ether oxygens (including phenoxy) is 2. The van der Waals surface area contributed by atoms with Crippen LogP contribution in [-0.2, 0) is 10.5 Å². The van der Waals surface area contributed by atoms with E-state index in [-0.39, 0.29) is 11.5 Å². The van der Waals surface area contributed by atoms with Crippen molar-refractivity contribution in [2.75, 3.05) is 0 Å². The van der Waals surface area contributed by atoms with Crippen molar-refractivity contribution in [3.8, 4) is 11.5 Å². The van der Waals surface area contributed by atoms with Gasteiger partial charge in [0, 0.05) is 5.56 Å². The van der Waals surface area contributed by atoms with E-state index in [0.29, 0.717) is 11.3 Å². The Balaban J connectivity index is 1.83. The lowest BCUT2D eigenvalue weighted by molar-refractivity contribution is 0.0570. The second-order valence-electron chi connectivity index (χ2n) is 4.68. The summed E-state index contributed by atoms with van der Waals surface area (Å²) in [5.41, 5.74) is 1.20. The molecule has 4 heteroatoms. The number of Topliss-reactive ketones (excluding diaryl/α,β-unsaturated/α-hetero) is 1. The van der Waals surface area contributed by atoms with Gasteiger partial charge in [-0.15, -0.1) is 0 Å². The summed E-state index contributed by atoms with van der Waals surface area (Å²) in [6, 6.07) is 13.9. The van der Waals surface area contributed by atoms with Crippen LogP contribution in [-0.4, -0.2) is 17.0 Å². The standard InChI is InChI=1S/C15H10O4/c16-10-6-7-12-11(8-10)13(17)14-15(18-12,19-14)9-4-2-1-3-5-9/h1-8,14,16H. The summed E-state index contributed by atoms with van der Waals surface area (Å²) in [6.07, 6.45) is -0.621. The number of hydrogen-bond acceptors (Lipinski definition) is 4. The zero-order chi connectivity index (χ0) is 13.0. The minimum absolute atomic E-state index is 0.0450. The monoisotopic (exact) mass is 254 g/mol. The second kappa shape index (κ2) is 3.36. The Morgan fingerprint density at radius 1 is 1.11 bits per heavy atom. The Bertz CT molecular complexity index is 680. The molecule has 0 amide bonds. The molecule has 0 spiro atoms. The highest BCUT2D eigenvalue weighted by molar-refractivity contribution is 6.05. The minimum Gasteiger partial charge on any atom is -0.508 e. The second-order valence-corrected chi connectivity index (χ2v) is 4.68. The van der Waals surface area contributed by atoms with Crippen LogP contribution in [0.25, 0.3) is 0 Å². The molecule has 2 atom stereocenters. The molecule has 0 saturated carbocycles. The van der Waals surface area contributed by atoms with Crippen molar-refractivity contribution in [3.63, 3.8) is 0 Å². The molecule has 2 heterocycles. The molecule has 19 heavy (non-hydrogen) atoms. The molecule has 2 aromatic carbocycles. The lowest BCUT2D eigenvalue weighted by Gasteiger charge is -2.21. The Hall–Kier alpha value is -2.33. The van der Waals surface area contributed by atoms with E-state index in [1.807, 2.05) is 30.3 Å². The van der Waals surface area contributed by atoms with Gasteiger partial charge in [-0.05, 0) is 18.2 Å². The molecule has 1 fully saturated rings. The first-order chi connectivity index (χ1) is 9.21. The van der Waals surface area contributed by atoms with E-state index < -0.39 is 11.9 Å². The van der Waals surface area contributed by atoms with Gasteiger partial charge >= 0.3 is 0 Å². The fraction of sp³-hybridized carbons (Fsp3) is 0.133. The van der Waals surface area contributed by atoms with Crippen LogP contribution in [0.5, 0.6) is 11.5 Å². The number of carbonyl (C=O) groups excluding carboxylic acids is 1. The molecule has 0 aromatic heterocycles. The number of epoxide rings is 1. The molecule has 1 N–H and O–H groups in total. The largest absolute Gasteiger partial charge is 0.508 e. The number of benzene rings is 2. The maximum Gasteiger partial charge on any atom is 0.272 e. The summed E-state index contributed by atoms with van der Waals surface area (Å²) in [5, 5.41) is 9.44. The summed E-state index contributed by atoms with van der Waals surface area (Å²) < 4.78 is 11.4. The normalized spacial score (nSPS) is 27.2. The number of ketones is 1. The van der Waals surface area contributed by atoms with Crippen molar-refractivity contribution < 1.29 is 19.4 Å². The zero-order valence-corrected chi connectivity index (χ0v) is 9.87. The first kappa shape index (κ1) is 10.6. The fourth-order valence-electron chi connectivity index (χ4n) is 2.50. The molecule has 4 nitrogen and oxygen atoms in total. The molecule has 2 aliphatic heterocycles. The van der Waals surface area contributed by atoms with Gasteiger partial charge in [-0.2, -0.15) is 0 Å². The average molecular weight is 254 g/mol. The minimum atomic E-state index is -0.984. The van der Waals surface area contributed by atoms with E-state index in [9.17, 15) is 9.90 Å². The van der Waals surface area contributed by atoms with Crippen LogP contribution in [0, 0.1) is 0 Å². The van der Waals surface area contributed by atoms with Crippen LogP contribution in [0.1, 0.15) is 15.9 Å². The van der Waals surface area contributed by atoms with Crippen LogP contribution >= 0.6 is 0 Å². The van der Waals surface area contributed by atoms with Crippen LogP contribution in [0.15, 0.2) is 48.5 Å². The van der Waals surface area contributed by atoms with Crippen molar-refractivity contribution >= 4 is 5.78 Å². The van der Waals surface area contributed by atoms with Gasteiger partial charge in [0.05, 0.1) is 5.56 Å². The Labute approximate surface area is 109 Å². The molecular formula is C15H10O4. The molecule has 0 bridgehead atoms. The van der Waals surface area contributed by atoms with Gasteiger partial charge in [0.15, 0.2) is 6.10 Å². The highest BCUT2D eigenvalue weighted by Gasteiger charge is 2.67. The molecule has 2 aromatic rings. The quantitative estimate of drug-likeness (QED) is 0.793. The van der Waals surface area contributed by atoms with Gasteiger partial charge in [0.25, 0.3) is 5.79 Å². The molecule has 2 unspecified atom stereocenters. The summed E-state index contributed by atoms with van der Waals surface area (Å²) in [6.45, 7) is 0. The number of rotatable bonds is 1. The van der Waals surface area contributed by atoms with E-state index >= 15 is 0 Å². The maximum absolute atomic E-state index is 12.3. The maximum atomic E-state index is 12.3. The van der Waals surface area contributed by atoms with Gasteiger partial charge in [-0.25, -0.2) is 0 Å². The van der Waals surface area contributed by atoms with Crippen molar-refractivity contribution in [3.05, 3.63) is 59.7 Å². The fourth-order valence-corrected chi connectivity index (χ4v) is 2.50. The summed E-state index contributed by atoms with van der Waals surface area (Å²) >= 11 is 0. The first-order valence-electron chi connectivity index (χ1n) is 6.00. The summed E-state index contributed by atoms with van der Waals surface area (Å²) in [4.78, 5) is 12.3. The predicted octanol–water partition coefficient (Wildman–Crippen LogP) is 2.22. The topological polar surface area (TPSA) is 59.1 Å². The van der Waals surface area contributed by atoms with Gasteiger partial charge in [0.1, 0.15) is 11.5 Å². The van der Waals surface area contributed by atoms with E-state index in [4.69, 9.17) is 9.47 Å². The van der Waals surface area contributed by atoms with Crippen LogP contribution in [0.2, 0.25) is 0 Å². The van der Waals surface area contributed by atoms with E-state index in [1.165, 1.54) is 12.1 Å². The number of carbonyl (C=O) groups is 1. The highest BCUT2D eigenvalue weighted by atomic mass is 16.8. The van der Waals surface area contributed by atoms with Crippen LogP contribution < -0.4 is 4.74 Å². The average Bonchev–Trinajstić information content (AvgIpc) is 3.17. The molecule has 4 rings (SSSR count). The molecule has 0 aliphatic carbocycles. The van der Waals surface area contributed by atoms with Crippen LogP contribution in [0.3, 0.4) is 0 Å².